The van der Waals surface area contributed by atoms with Crippen LogP contribution in [0.4, 0.5) is 4.79 Å². The van der Waals surface area contributed by atoms with E-state index < -0.39 is 18.1 Å². The average Bonchev–Trinajstić information content (AvgIpc) is 2.74. The number of rotatable bonds is 8. The minimum Gasteiger partial charge on any atom is -0.481 e. The van der Waals surface area contributed by atoms with Crippen molar-refractivity contribution in [1.29, 1.82) is 0 Å². The van der Waals surface area contributed by atoms with Crippen LogP contribution in [0.2, 0.25) is 0 Å². The number of ether oxygens (including phenoxy) is 1. The molecule has 1 rings (SSSR count). The van der Waals surface area contributed by atoms with Crippen molar-refractivity contribution >= 4 is 39.6 Å². The van der Waals surface area contributed by atoms with Crippen LogP contribution in [0, 0.1) is 0 Å². The van der Waals surface area contributed by atoms with Crippen LogP contribution in [-0.4, -0.2) is 53.8 Å². The largest absolute Gasteiger partial charge is 0.481 e. The Bertz CT molecular complexity index is 326. The molecule has 0 bridgehead atoms. The summed E-state index contributed by atoms with van der Waals surface area (Å²) in [6, 6.07) is -0.609. The van der Waals surface area contributed by atoms with Gasteiger partial charge in [0.25, 0.3) is 0 Å². The Labute approximate surface area is 112 Å². The van der Waals surface area contributed by atoms with Gasteiger partial charge in [0.2, 0.25) is 5.91 Å². The number of nitrogens with one attached hydrogen (secondary N) is 2. The molecule has 0 spiro atoms. The number of carboxylic acid groups (broad SMARTS) is 1. The molecule has 0 unspecified atom stereocenters. The van der Waals surface area contributed by atoms with E-state index in [1.165, 1.54) is 21.6 Å². The number of aliphatic carboxylic acids is 1. The highest BCUT2D eigenvalue weighted by atomic mass is 33.1. The molecule has 7 nitrogen and oxygen atoms in total. The van der Waals surface area contributed by atoms with E-state index in [1.54, 1.807) is 0 Å². The van der Waals surface area contributed by atoms with Crippen molar-refractivity contribution in [2.24, 2.45) is 0 Å². The monoisotopic (exact) mass is 294 g/mol. The maximum absolute atomic E-state index is 11.5. The van der Waals surface area contributed by atoms with Gasteiger partial charge in [-0.3, -0.25) is 9.59 Å². The summed E-state index contributed by atoms with van der Waals surface area (Å²) in [6.07, 6.45) is -0.441. The maximum Gasteiger partial charge on any atom is 0.407 e. The zero-order valence-corrected chi connectivity index (χ0v) is 11.1. The van der Waals surface area contributed by atoms with Crippen LogP contribution in [0.3, 0.4) is 0 Å². The minimum absolute atomic E-state index is 0.0607. The van der Waals surface area contributed by atoms with Gasteiger partial charge in [-0.2, -0.15) is 0 Å². The fourth-order valence-electron chi connectivity index (χ4n) is 1.11. The third-order valence-electron chi connectivity index (χ3n) is 1.96. The Kier molecular flexibility index (Phi) is 6.73. The second-order valence-corrected chi connectivity index (χ2v) is 6.08. The summed E-state index contributed by atoms with van der Waals surface area (Å²) < 4.78 is 4.59. The molecule has 1 saturated heterocycles. The van der Waals surface area contributed by atoms with Crippen LogP contribution in [-0.2, 0) is 14.3 Å². The Hall–Kier alpha value is -1.09. The molecule has 9 heteroatoms. The molecule has 0 aliphatic carbocycles. The summed E-state index contributed by atoms with van der Waals surface area (Å²) in [5, 5.41) is 13.4. The van der Waals surface area contributed by atoms with Crippen molar-refractivity contribution in [1.82, 2.24) is 10.6 Å². The average molecular weight is 294 g/mol. The normalized spacial score (nSPS) is 18.0. The predicted octanol–water partition coefficient (Wildman–Crippen LogP) is 0.0671. The highest BCUT2D eigenvalue weighted by Gasteiger charge is 2.28. The summed E-state index contributed by atoms with van der Waals surface area (Å²) in [7, 11) is 2.96. The third kappa shape index (κ3) is 6.01. The molecule has 1 fully saturated rings. The van der Waals surface area contributed by atoms with Crippen LogP contribution >= 0.6 is 21.6 Å². The van der Waals surface area contributed by atoms with Gasteiger partial charge in [-0.05, 0) is 0 Å². The molecule has 18 heavy (non-hydrogen) atoms. The second-order valence-electron chi connectivity index (χ2n) is 3.37. The van der Waals surface area contributed by atoms with Crippen LogP contribution in [0.15, 0.2) is 0 Å². The Balaban J connectivity index is 1.96. The number of carbonyl (C=O) groups is 3. The Morgan fingerprint density at radius 2 is 2.17 bits per heavy atom. The first-order valence-corrected chi connectivity index (χ1v) is 7.75. The van der Waals surface area contributed by atoms with Crippen molar-refractivity contribution in [2.45, 2.75) is 12.5 Å². The van der Waals surface area contributed by atoms with Crippen molar-refractivity contribution in [2.75, 3.05) is 24.7 Å². The smallest absolute Gasteiger partial charge is 0.407 e. The number of hydrogen-bond donors (Lipinski definition) is 3. The number of cyclic esters (lactones) is 1. The molecular formula is C9H14N2O5S2. The lowest BCUT2D eigenvalue weighted by atomic mass is 10.3. The van der Waals surface area contributed by atoms with Gasteiger partial charge in [-0.15, -0.1) is 0 Å². The number of hydrogen-bond acceptors (Lipinski definition) is 6. The predicted molar refractivity (Wildman–Crippen MR) is 68.5 cm³/mol. The quantitative estimate of drug-likeness (QED) is 0.429. The van der Waals surface area contributed by atoms with E-state index in [2.05, 4.69) is 15.4 Å². The molecule has 3 N–H and O–H groups in total. The fraction of sp³-hybridized carbons (Fsp3) is 0.667. The number of carbonyl (C=O) groups excluding carboxylic acids is 2. The van der Waals surface area contributed by atoms with Crippen LogP contribution < -0.4 is 10.6 Å². The van der Waals surface area contributed by atoms with Gasteiger partial charge in [0.05, 0.1) is 6.42 Å². The minimum atomic E-state index is -0.812. The van der Waals surface area contributed by atoms with Crippen molar-refractivity contribution in [3.63, 3.8) is 0 Å². The van der Waals surface area contributed by atoms with Gasteiger partial charge < -0.3 is 20.5 Å². The third-order valence-corrected chi connectivity index (χ3v) is 4.37. The van der Waals surface area contributed by atoms with E-state index in [0.29, 0.717) is 18.1 Å². The molecule has 1 aliphatic heterocycles. The summed E-state index contributed by atoms with van der Waals surface area (Å²) >= 11 is 0. The van der Waals surface area contributed by atoms with E-state index in [1.807, 2.05) is 0 Å². The summed E-state index contributed by atoms with van der Waals surface area (Å²) in [4.78, 5) is 32.4. The van der Waals surface area contributed by atoms with Gasteiger partial charge in [-0.25, -0.2) is 4.79 Å². The Morgan fingerprint density at radius 3 is 2.78 bits per heavy atom. The van der Waals surface area contributed by atoms with E-state index >= 15 is 0 Å². The van der Waals surface area contributed by atoms with E-state index in [4.69, 9.17) is 5.11 Å². The maximum atomic E-state index is 11.5. The molecule has 2 amide bonds. The highest BCUT2D eigenvalue weighted by Crippen LogP contribution is 2.20. The fourth-order valence-corrected chi connectivity index (χ4v) is 3.00. The molecule has 1 heterocycles. The molecule has 102 valence electrons. The van der Waals surface area contributed by atoms with Crippen LogP contribution in [0.5, 0.6) is 0 Å². The second kappa shape index (κ2) is 8.09. The van der Waals surface area contributed by atoms with Crippen molar-refractivity contribution in [3.05, 3.63) is 0 Å². The molecule has 0 aromatic heterocycles. The first-order chi connectivity index (χ1) is 8.59. The Morgan fingerprint density at radius 1 is 1.44 bits per heavy atom. The number of amides is 2. The molecule has 0 aromatic carbocycles. The van der Waals surface area contributed by atoms with Gasteiger partial charge in [0, 0.05) is 18.1 Å². The first kappa shape index (κ1) is 15.0. The molecule has 0 radical (unpaired) electrons. The van der Waals surface area contributed by atoms with Crippen LogP contribution in [0.25, 0.3) is 0 Å². The highest BCUT2D eigenvalue weighted by molar-refractivity contribution is 8.76. The van der Waals surface area contributed by atoms with Crippen molar-refractivity contribution in [3.8, 4) is 0 Å². The summed E-state index contributed by atoms with van der Waals surface area (Å²) in [6.45, 7) is 0.529. The summed E-state index contributed by atoms with van der Waals surface area (Å²) in [5.74, 6) is 0.142. The van der Waals surface area contributed by atoms with E-state index in [0.717, 1.165) is 0 Å². The number of carboxylic acids is 1. The molecule has 0 aromatic rings. The van der Waals surface area contributed by atoms with Crippen LogP contribution in [0.1, 0.15) is 6.42 Å². The van der Waals surface area contributed by atoms with Crippen molar-refractivity contribution < 1.29 is 24.2 Å². The lowest BCUT2D eigenvalue weighted by Crippen LogP contribution is -2.43. The van der Waals surface area contributed by atoms with Gasteiger partial charge in [0.15, 0.2) is 0 Å². The molecule has 0 saturated carbocycles. The lowest BCUT2D eigenvalue weighted by Gasteiger charge is -2.08. The molecular weight excluding hydrogens is 280 g/mol. The van der Waals surface area contributed by atoms with E-state index in [9.17, 15) is 14.4 Å². The van der Waals surface area contributed by atoms with Gasteiger partial charge >= 0.3 is 12.1 Å². The topological polar surface area (TPSA) is 105 Å². The zero-order valence-electron chi connectivity index (χ0n) is 9.51. The van der Waals surface area contributed by atoms with Gasteiger partial charge in [0.1, 0.15) is 12.6 Å². The lowest BCUT2D eigenvalue weighted by molar-refractivity contribution is -0.136. The standard InChI is InChI=1S/C9H14N2O5S2/c12-7(13)1-3-17-18-4-2-10-8(14)6-5-16-9(15)11-6/h6H,1-5H2,(H,10,14)(H,11,15)(H,12,13)/t6-/m0/s1. The van der Waals surface area contributed by atoms with E-state index in [-0.39, 0.29) is 18.9 Å². The zero-order chi connectivity index (χ0) is 13.4. The number of alkyl carbamates (subject to hydrolysis) is 1. The molecule has 1 aliphatic rings. The first-order valence-electron chi connectivity index (χ1n) is 5.27. The SMILES string of the molecule is O=C(O)CCSSCCNC(=O)[C@@H]1COC(=O)N1. The molecule has 1 atom stereocenters. The van der Waals surface area contributed by atoms with Gasteiger partial charge in [-0.1, -0.05) is 21.6 Å². The summed E-state index contributed by atoms with van der Waals surface area (Å²) in [5.41, 5.74) is 0.